The van der Waals surface area contributed by atoms with E-state index in [1.165, 1.54) is 14.2 Å². The predicted octanol–water partition coefficient (Wildman–Crippen LogP) is 2.26. The Bertz CT molecular complexity index is 359. The number of methoxy groups -OCH3 is 2. The van der Waals surface area contributed by atoms with Crippen LogP contribution in [0.25, 0.3) is 0 Å². The van der Waals surface area contributed by atoms with E-state index in [9.17, 15) is 9.90 Å². The molecule has 0 atom stereocenters. The fourth-order valence-electron chi connectivity index (χ4n) is 1.68. The van der Waals surface area contributed by atoms with Crippen molar-refractivity contribution in [2.45, 2.75) is 25.7 Å². The van der Waals surface area contributed by atoms with Gasteiger partial charge in [-0.25, -0.2) is 4.79 Å². The van der Waals surface area contributed by atoms with E-state index in [-0.39, 0.29) is 17.3 Å². The summed E-state index contributed by atoms with van der Waals surface area (Å²) in [6, 6.07) is 0. The molecule has 0 fully saturated rings. The van der Waals surface area contributed by atoms with Gasteiger partial charge >= 0.3 is 0 Å². The van der Waals surface area contributed by atoms with Gasteiger partial charge in [-0.2, -0.15) is 0 Å². The van der Waals surface area contributed by atoms with Crippen LogP contribution in [0, 0.1) is 0 Å². The summed E-state index contributed by atoms with van der Waals surface area (Å²) < 4.78 is 9.76. The van der Waals surface area contributed by atoms with E-state index in [4.69, 9.17) is 9.47 Å². The Morgan fingerprint density at radius 2 is 2.12 bits per heavy atom. The molecule has 4 nitrogen and oxygen atoms in total. The van der Waals surface area contributed by atoms with Crippen molar-refractivity contribution in [3.05, 3.63) is 28.9 Å². The number of aliphatic hydroxyl groups is 1. The molecule has 0 heterocycles. The first-order chi connectivity index (χ1) is 7.74. The second-order valence-electron chi connectivity index (χ2n) is 3.49. The van der Waals surface area contributed by atoms with Crippen LogP contribution in [-0.2, 0) is 14.3 Å². The molecule has 16 heavy (non-hydrogen) atoms. The molecule has 0 aromatic heterocycles. The molecule has 0 aromatic carbocycles. The van der Waals surface area contributed by atoms with Crippen LogP contribution in [0.4, 0.5) is 0 Å². The molecule has 0 radical (unpaired) electrons. The van der Waals surface area contributed by atoms with Crippen LogP contribution in [-0.4, -0.2) is 25.3 Å². The fourth-order valence-corrected chi connectivity index (χ4v) is 1.68. The Balaban J connectivity index is 3.07. The van der Waals surface area contributed by atoms with E-state index in [1.807, 2.05) is 6.08 Å². The highest BCUT2D eigenvalue weighted by molar-refractivity contribution is 5.57. The molecule has 0 saturated heterocycles. The van der Waals surface area contributed by atoms with Gasteiger partial charge < -0.3 is 14.6 Å². The van der Waals surface area contributed by atoms with E-state index in [0.29, 0.717) is 0 Å². The minimum atomic E-state index is -0.119. The topological polar surface area (TPSA) is 55.8 Å². The lowest BCUT2D eigenvalue weighted by Gasteiger charge is -2.15. The minimum Gasteiger partial charge on any atom is -0.504 e. The molecule has 1 aliphatic carbocycles. The van der Waals surface area contributed by atoms with Crippen LogP contribution < -0.4 is 0 Å². The van der Waals surface area contributed by atoms with Gasteiger partial charge in [0.25, 0.3) is 0 Å². The zero-order chi connectivity index (χ0) is 12.0. The lowest BCUT2D eigenvalue weighted by atomic mass is 9.97. The molecule has 1 rings (SSSR count). The summed E-state index contributed by atoms with van der Waals surface area (Å²) in [5.41, 5.74) is 0.799. The van der Waals surface area contributed by atoms with Crippen molar-refractivity contribution in [2.24, 2.45) is 0 Å². The summed E-state index contributed by atoms with van der Waals surface area (Å²) in [4.78, 5) is 10.6. The van der Waals surface area contributed by atoms with Crippen LogP contribution in [0.1, 0.15) is 25.7 Å². The molecule has 88 valence electrons. The van der Waals surface area contributed by atoms with Gasteiger partial charge in [-0.1, -0.05) is 6.08 Å². The lowest BCUT2D eigenvalue weighted by molar-refractivity contribution is 0.204. The number of aliphatic hydroxyl groups excluding tert-OH is 1. The summed E-state index contributed by atoms with van der Waals surface area (Å²) in [6.45, 7) is 0. The number of hydrogen-bond acceptors (Lipinski definition) is 4. The highest BCUT2D eigenvalue weighted by atomic mass is 16.5. The van der Waals surface area contributed by atoms with Crippen LogP contribution in [0.15, 0.2) is 28.9 Å². The summed E-state index contributed by atoms with van der Waals surface area (Å²) in [7, 11) is 2.72. The Morgan fingerprint density at radius 3 is 2.56 bits per heavy atom. The van der Waals surface area contributed by atoms with Crippen LogP contribution >= 0.6 is 0 Å². The van der Waals surface area contributed by atoms with Gasteiger partial charge in [0.15, 0.2) is 11.7 Å². The molecule has 0 saturated carbocycles. The second-order valence-corrected chi connectivity index (χ2v) is 3.49. The maximum atomic E-state index is 10.6. The Hall–Kier alpha value is -1.67. The van der Waals surface area contributed by atoms with E-state index >= 15 is 0 Å². The van der Waals surface area contributed by atoms with Gasteiger partial charge in [0.05, 0.1) is 14.2 Å². The average molecular weight is 224 g/mol. The number of hydrogen-bond donors (Lipinski definition) is 1. The molecule has 1 aliphatic rings. The van der Waals surface area contributed by atoms with Crippen molar-refractivity contribution < 1.29 is 19.4 Å². The third-order valence-electron chi connectivity index (χ3n) is 2.52. The molecule has 0 spiro atoms. The monoisotopic (exact) mass is 224 g/mol. The average Bonchev–Trinajstić information content (AvgIpc) is 2.36. The summed E-state index contributed by atoms with van der Waals surface area (Å²) in [5, 5.41) is 9.97. The van der Waals surface area contributed by atoms with Gasteiger partial charge in [0.1, 0.15) is 0 Å². The van der Waals surface area contributed by atoms with Gasteiger partial charge in [-0.3, -0.25) is 0 Å². The minimum absolute atomic E-state index is 0.0256. The maximum absolute atomic E-state index is 10.6. The highest BCUT2D eigenvalue weighted by Crippen LogP contribution is 2.26. The Kier molecular flexibility index (Phi) is 4.67. The van der Waals surface area contributed by atoms with E-state index in [1.54, 1.807) is 5.94 Å². The Labute approximate surface area is 94.9 Å². The van der Waals surface area contributed by atoms with Crippen molar-refractivity contribution in [3.8, 4) is 0 Å². The largest absolute Gasteiger partial charge is 0.504 e. The molecule has 0 aliphatic heterocycles. The van der Waals surface area contributed by atoms with E-state index in [0.717, 1.165) is 31.3 Å². The molecule has 0 aromatic rings. The third-order valence-corrected chi connectivity index (χ3v) is 2.52. The normalized spacial score (nSPS) is 16.8. The van der Waals surface area contributed by atoms with Crippen molar-refractivity contribution in [2.75, 3.05) is 14.2 Å². The fraction of sp³-hybridized carbons (Fsp3) is 0.500. The summed E-state index contributed by atoms with van der Waals surface area (Å²) >= 11 is 0. The molecular formula is C12H16O4. The van der Waals surface area contributed by atoms with Crippen LogP contribution in [0.2, 0.25) is 0 Å². The number of allylic oxidation sites excluding steroid dienone is 2. The van der Waals surface area contributed by atoms with Crippen LogP contribution in [0.5, 0.6) is 0 Å². The first-order valence-electron chi connectivity index (χ1n) is 5.20. The Morgan fingerprint density at radius 1 is 1.38 bits per heavy atom. The first kappa shape index (κ1) is 12.4. The summed E-state index contributed by atoms with van der Waals surface area (Å²) in [5.74, 6) is 1.50. The second kappa shape index (κ2) is 6.03. The van der Waals surface area contributed by atoms with Gasteiger partial charge in [-0.15, -0.1) is 0 Å². The molecular weight excluding hydrogens is 208 g/mol. The van der Waals surface area contributed by atoms with Crippen molar-refractivity contribution in [3.63, 3.8) is 0 Å². The number of ether oxygens (including phenoxy) is 2. The number of carbonyl (C=O) groups excluding carboxylic acids is 1. The van der Waals surface area contributed by atoms with Crippen molar-refractivity contribution >= 4 is 5.94 Å². The third kappa shape index (κ3) is 2.67. The molecule has 4 heteroatoms. The zero-order valence-electron chi connectivity index (χ0n) is 9.58. The van der Waals surface area contributed by atoms with Gasteiger partial charge in [0, 0.05) is 0 Å². The standard InChI is InChI=1S/C12H16O4/c1-15-10(8-13)12(16-2)11(14)9-6-4-3-5-7-9/h6,14H,3-5,7H2,1-2H3/b12-11-. The van der Waals surface area contributed by atoms with Crippen molar-refractivity contribution in [1.82, 2.24) is 0 Å². The predicted molar refractivity (Wildman–Crippen MR) is 59.4 cm³/mol. The highest BCUT2D eigenvalue weighted by Gasteiger charge is 2.18. The molecule has 1 N–H and O–H groups in total. The maximum Gasteiger partial charge on any atom is 0.250 e. The van der Waals surface area contributed by atoms with Gasteiger partial charge in [0.2, 0.25) is 11.5 Å². The molecule has 0 amide bonds. The molecule has 0 unspecified atom stereocenters. The SMILES string of the molecule is COC(=C=O)/C(OC)=C(/O)C1=CCCCC1. The van der Waals surface area contributed by atoms with Crippen LogP contribution in [0.3, 0.4) is 0 Å². The van der Waals surface area contributed by atoms with E-state index < -0.39 is 0 Å². The lowest BCUT2D eigenvalue weighted by Crippen LogP contribution is -2.05. The van der Waals surface area contributed by atoms with Gasteiger partial charge in [-0.05, 0) is 31.3 Å². The van der Waals surface area contributed by atoms with E-state index in [2.05, 4.69) is 0 Å². The number of rotatable bonds is 4. The first-order valence-corrected chi connectivity index (χ1v) is 5.20. The molecule has 0 bridgehead atoms. The van der Waals surface area contributed by atoms with Crippen molar-refractivity contribution in [1.29, 1.82) is 0 Å². The smallest absolute Gasteiger partial charge is 0.250 e. The zero-order valence-corrected chi connectivity index (χ0v) is 9.58. The quantitative estimate of drug-likeness (QED) is 0.452. The summed E-state index contributed by atoms with van der Waals surface area (Å²) in [6.07, 6.45) is 5.83.